The van der Waals surface area contributed by atoms with Gasteiger partial charge in [-0.05, 0) is 38.1 Å². The molecular weight excluding hydrogens is 556 g/mol. The fraction of sp³-hybridized carbons (Fsp3) is 0.536. The number of hydrogen-bond acceptors (Lipinski definition) is 11. The predicted molar refractivity (Wildman–Crippen MR) is 146 cm³/mol. The Bertz CT molecular complexity index is 1190. The molecule has 0 bridgehead atoms. The van der Waals surface area contributed by atoms with Crippen LogP contribution in [0.25, 0.3) is 0 Å². The second-order valence-corrected chi connectivity index (χ2v) is 10.0. The third kappa shape index (κ3) is 9.91. The van der Waals surface area contributed by atoms with Gasteiger partial charge in [-0.15, -0.1) is 0 Å². The summed E-state index contributed by atoms with van der Waals surface area (Å²) in [5, 5.41) is 33.8. The van der Waals surface area contributed by atoms with Crippen molar-refractivity contribution in [2.75, 3.05) is 53.3 Å². The van der Waals surface area contributed by atoms with Crippen LogP contribution in [0.2, 0.25) is 0 Å². The first-order valence-electron chi connectivity index (χ1n) is 13.4. The molecule has 4 N–H and O–H groups in total. The number of carboxylic acids is 3. The third-order valence-electron chi connectivity index (χ3n) is 6.68. The molecule has 1 saturated heterocycles. The van der Waals surface area contributed by atoms with Gasteiger partial charge in [-0.3, -0.25) is 19.4 Å². The molecule has 0 radical (unpaired) electrons. The van der Waals surface area contributed by atoms with Crippen molar-refractivity contribution in [1.82, 2.24) is 9.80 Å². The van der Waals surface area contributed by atoms with Crippen LogP contribution < -0.4 is 14.2 Å². The summed E-state index contributed by atoms with van der Waals surface area (Å²) in [6.45, 7) is 9.51. The van der Waals surface area contributed by atoms with Gasteiger partial charge in [0.05, 0.1) is 39.7 Å². The number of rotatable bonds is 14. The van der Waals surface area contributed by atoms with E-state index in [-0.39, 0.29) is 6.79 Å². The SMILES string of the molecule is COc1cc2c(cc1CN(CCCN1CCOCC1)Cc1ccc(C)o1)OCO2.O=C(O)CC(O)(CC(=O)O)C(=O)O. The van der Waals surface area contributed by atoms with Crippen LogP contribution in [0.4, 0.5) is 0 Å². The van der Waals surface area contributed by atoms with Gasteiger partial charge in [0.1, 0.15) is 17.3 Å². The highest BCUT2D eigenvalue weighted by Gasteiger charge is 2.40. The van der Waals surface area contributed by atoms with Gasteiger partial charge in [-0.2, -0.15) is 0 Å². The molecule has 0 spiro atoms. The normalized spacial score (nSPS) is 14.8. The highest BCUT2D eigenvalue weighted by Crippen LogP contribution is 2.38. The van der Waals surface area contributed by atoms with Gasteiger partial charge in [0.25, 0.3) is 0 Å². The first-order chi connectivity index (χ1) is 20.0. The number of carboxylic acid groups (broad SMARTS) is 3. The number of ether oxygens (including phenoxy) is 4. The first kappa shape index (κ1) is 32.7. The Morgan fingerprint density at radius 1 is 1.00 bits per heavy atom. The molecular formula is C28H38N2O12. The van der Waals surface area contributed by atoms with Crippen molar-refractivity contribution in [2.24, 2.45) is 0 Å². The topological polar surface area (TPSA) is 189 Å². The zero-order valence-corrected chi connectivity index (χ0v) is 23.7. The number of carbonyl (C=O) groups is 3. The van der Waals surface area contributed by atoms with E-state index in [0.717, 1.165) is 93.2 Å². The number of aliphatic carboxylic acids is 3. The molecule has 0 aliphatic carbocycles. The van der Waals surface area contributed by atoms with Crippen molar-refractivity contribution in [3.63, 3.8) is 0 Å². The summed E-state index contributed by atoms with van der Waals surface area (Å²) >= 11 is 0. The van der Waals surface area contributed by atoms with E-state index in [9.17, 15) is 14.4 Å². The van der Waals surface area contributed by atoms with E-state index in [4.69, 9.17) is 43.8 Å². The molecule has 0 amide bonds. The minimum Gasteiger partial charge on any atom is -0.496 e. The summed E-state index contributed by atoms with van der Waals surface area (Å²) in [6.07, 6.45) is -1.20. The zero-order chi connectivity index (χ0) is 30.7. The van der Waals surface area contributed by atoms with Gasteiger partial charge in [0.2, 0.25) is 6.79 Å². The minimum absolute atomic E-state index is 0.261. The predicted octanol–water partition coefficient (Wildman–Crippen LogP) is 1.80. The van der Waals surface area contributed by atoms with Crippen LogP contribution in [0.1, 0.15) is 36.3 Å². The van der Waals surface area contributed by atoms with Gasteiger partial charge in [0.15, 0.2) is 17.1 Å². The molecule has 1 aromatic heterocycles. The van der Waals surface area contributed by atoms with Gasteiger partial charge in [-0.1, -0.05) is 0 Å². The molecule has 3 heterocycles. The maximum atomic E-state index is 10.3. The van der Waals surface area contributed by atoms with Crippen molar-refractivity contribution in [3.8, 4) is 17.2 Å². The molecule has 2 aromatic rings. The highest BCUT2D eigenvalue weighted by molar-refractivity contribution is 5.88. The monoisotopic (exact) mass is 594 g/mol. The lowest BCUT2D eigenvalue weighted by molar-refractivity contribution is -0.170. The number of nitrogens with zero attached hydrogens (tertiary/aromatic N) is 2. The van der Waals surface area contributed by atoms with Crippen molar-refractivity contribution >= 4 is 17.9 Å². The maximum Gasteiger partial charge on any atom is 0.336 e. The maximum absolute atomic E-state index is 10.3. The molecule has 2 aliphatic rings. The Morgan fingerprint density at radius 2 is 1.64 bits per heavy atom. The Labute approximate surface area is 242 Å². The number of furan rings is 1. The van der Waals surface area contributed by atoms with Crippen molar-refractivity contribution in [3.05, 3.63) is 41.3 Å². The summed E-state index contributed by atoms with van der Waals surface area (Å²) in [7, 11) is 1.69. The average Bonchev–Trinajstić information content (AvgIpc) is 3.56. The minimum atomic E-state index is -2.74. The number of hydrogen-bond donors (Lipinski definition) is 4. The van der Waals surface area contributed by atoms with E-state index in [1.807, 2.05) is 25.1 Å². The number of aryl methyl sites for hydroxylation is 1. The van der Waals surface area contributed by atoms with Crippen LogP contribution >= 0.6 is 0 Å². The largest absolute Gasteiger partial charge is 0.496 e. The Hall–Kier alpha value is -3.85. The molecule has 1 aromatic carbocycles. The highest BCUT2D eigenvalue weighted by atomic mass is 16.7. The van der Waals surface area contributed by atoms with Crippen LogP contribution in [0.5, 0.6) is 17.2 Å². The molecule has 42 heavy (non-hydrogen) atoms. The lowest BCUT2D eigenvalue weighted by atomic mass is 9.96. The number of fused-ring (bicyclic) bond motifs is 1. The zero-order valence-electron chi connectivity index (χ0n) is 23.7. The Morgan fingerprint density at radius 3 is 2.19 bits per heavy atom. The van der Waals surface area contributed by atoms with E-state index in [2.05, 4.69) is 15.9 Å². The molecule has 2 aliphatic heterocycles. The molecule has 0 atom stereocenters. The van der Waals surface area contributed by atoms with Crippen molar-refractivity contribution in [1.29, 1.82) is 0 Å². The fourth-order valence-electron chi connectivity index (χ4n) is 4.58. The van der Waals surface area contributed by atoms with E-state index in [0.29, 0.717) is 0 Å². The van der Waals surface area contributed by atoms with Gasteiger partial charge in [-0.25, -0.2) is 4.79 Å². The first-order valence-corrected chi connectivity index (χ1v) is 13.4. The quantitative estimate of drug-likeness (QED) is 0.248. The summed E-state index contributed by atoms with van der Waals surface area (Å²) in [4.78, 5) is 35.4. The molecule has 14 heteroatoms. The fourth-order valence-corrected chi connectivity index (χ4v) is 4.58. The molecule has 0 unspecified atom stereocenters. The summed E-state index contributed by atoms with van der Waals surface area (Å²) in [5.41, 5.74) is -1.65. The molecule has 4 rings (SSSR count). The van der Waals surface area contributed by atoms with Crippen LogP contribution in [0.15, 0.2) is 28.7 Å². The lowest BCUT2D eigenvalue weighted by Gasteiger charge is -2.28. The lowest BCUT2D eigenvalue weighted by Crippen LogP contribution is -2.42. The van der Waals surface area contributed by atoms with Crippen LogP contribution in [-0.2, 0) is 32.2 Å². The van der Waals surface area contributed by atoms with Gasteiger partial charge >= 0.3 is 17.9 Å². The van der Waals surface area contributed by atoms with Crippen LogP contribution in [0, 0.1) is 6.92 Å². The number of morpholine rings is 1. The Balaban J connectivity index is 0.000000316. The summed E-state index contributed by atoms with van der Waals surface area (Å²) in [5.74, 6) is -0.755. The smallest absolute Gasteiger partial charge is 0.336 e. The second-order valence-electron chi connectivity index (χ2n) is 10.0. The number of benzene rings is 1. The van der Waals surface area contributed by atoms with E-state index < -0.39 is 36.4 Å². The molecule has 0 saturated carbocycles. The van der Waals surface area contributed by atoms with Crippen molar-refractivity contribution in [2.45, 2.75) is 44.9 Å². The van der Waals surface area contributed by atoms with Crippen LogP contribution in [-0.4, -0.2) is 107 Å². The van der Waals surface area contributed by atoms with E-state index >= 15 is 0 Å². The molecule has 232 valence electrons. The average molecular weight is 595 g/mol. The third-order valence-corrected chi connectivity index (χ3v) is 6.68. The van der Waals surface area contributed by atoms with Gasteiger partial charge < -0.3 is 43.8 Å². The number of methoxy groups -OCH3 is 1. The second kappa shape index (κ2) is 15.4. The van der Waals surface area contributed by atoms with Gasteiger partial charge in [0, 0.05) is 37.8 Å². The Kier molecular flexibility index (Phi) is 12.0. The molecule has 1 fully saturated rings. The van der Waals surface area contributed by atoms with E-state index in [1.54, 1.807) is 7.11 Å². The molecule has 14 nitrogen and oxygen atoms in total. The van der Waals surface area contributed by atoms with Crippen molar-refractivity contribution < 1.29 is 58.2 Å². The number of aliphatic hydroxyl groups is 1. The van der Waals surface area contributed by atoms with Crippen LogP contribution in [0.3, 0.4) is 0 Å². The summed E-state index contributed by atoms with van der Waals surface area (Å²) < 4.78 is 28.0. The van der Waals surface area contributed by atoms with E-state index in [1.165, 1.54) is 0 Å². The standard InChI is InChI=1S/C22H30N2O5.C6H8O7/c1-17-4-5-19(29-17)15-24(7-3-6-23-8-10-26-11-9-23)14-18-12-21-22(28-16-27-21)13-20(18)25-2;7-3(8)1-6(13,5(11)12)2-4(9)10/h4-5,12-13H,3,6-11,14-16H2,1-2H3;13H,1-2H2,(H,7,8)(H,9,10)(H,11,12). The summed E-state index contributed by atoms with van der Waals surface area (Å²) in [6, 6.07) is 8.02.